The monoisotopic (exact) mass is 332 g/mol. The molecule has 1 heterocycles. The molecular formula is C15H13BrN2O2. The zero-order valence-electron chi connectivity index (χ0n) is 10.9. The highest BCUT2D eigenvalue weighted by Gasteiger charge is 2.12. The summed E-state index contributed by atoms with van der Waals surface area (Å²) in [5.41, 5.74) is 2.49. The number of methoxy groups -OCH3 is 1. The van der Waals surface area contributed by atoms with Gasteiger partial charge in [-0.15, -0.1) is 0 Å². The Hall–Kier alpha value is -1.85. The van der Waals surface area contributed by atoms with Crippen LogP contribution < -0.4 is 4.74 Å². The van der Waals surface area contributed by atoms with Gasteiger partial charge in [0.15, 0.2) is 0 Å². The summed E-state index contributed by atoms with van der Waals surface area (Å²) >= 11 is 3.41. The summed E-state index contributed by atoms with van der Waals surface area (Å²) in [6.45, 7) is -0.0836. The van der Waals surface area contributed by atoms with Crippen LogP contribution in [0.3, 0.4) is 0 Å². The number of fused-ring (bicyclic) bond motifs is 1. The SMILES string of the molecule is COc1ccc2nn(-c3ccc(Br)cc3)c(CO)c2c1. The van der Waals surface area contributed by atoms with Crippen molar-refractivity contribution >= 4 is 26.8 Å². The molecule has 3 rings (SSSR count). The molecule has 3 aromatic rings. The average Bonchev–Trinajstić information content (AvgIpc) is 2.85. The molecule has 20 heavy (non-hydrogen) atoms. The lowest BCUT2D eigenvalue weighted by Gasteiger charge is -2.05. The van der Waals surface area contributed by atoms with Crippen LogP contribution in [0.25, 0.3) is 16.6 Å². The molecule has 1 aromatic heterocycles. The molecule has 0 radical (unpaired) electrons. The maximum absolute atomic E-state index is 9.67. The lowest BCUT2D eigenvalue weighted by atomic mass is 10.2. The molecule has 0 atom stereocenters. The summed E-state index contributed by atoms with van der Waals surface area (Å²) in [6, 6.07) is 13.4. The first-order valence-electron chi connectivity index (χ1n) is 6.15. The Kier molecular flexibility index (Phi) is 3.46. The van der Waals surface area contributed by atoms with Crippen LogP contribution in [0.4, 0.5) is 0 Å². The van der Waals surface area contributed by atoms with Gasteiger partial charge in [-0.1, -0.05) is 15.9 Å². The van der Waals surface area contributed by atoms with Crippen LogP contribution in [0, 0.1) is 0 Å². The Morgan fingerprint density at radius 3 is 2.60 bits per heavy atom. The van der Waals surface area contributed by atoms with Crippen LogP contribution >= 0.6 is 15.9 Å². The van der Waals surface area contributed by atoms with E-state index in [4.69, 9.17) is 4.74 Å². The second-order valence-corrected chi connectivity index (χ2v) is 5.29. The van der Waals surface area contributed by atoms with Crippen molar-refractivity contribution < 1.29 is 9.84 Å². The molecule has 0 saturated carbocycles. The van der Waals surface area contributed by atoms with Gasteiger partial charge in [0, 0.05) is 9.86 Å². The minimum Gasteiger partial charge on any atom is -0.497 e. The molecule has 0 saturated heterocycles. The van der Waals surface area contributed by atoms with Gasteiger partial charge in [0.2, 0.25) is 0 Å². The summed E-state index contributed by atoms with van der Waals surface area (Å²) in [5, 5.41) is 15.1. The fraction of sp³-hybridized carbons (Fsp3) is 0.133. The predicted molar refractivity (Wildman–Crippen MR) is 81.2 cm³/mol. The van der Waals surface area contributed by atoms with E-state index < -0.39 is 0 Å². The molecule has 0 bridgehead atoms. The third kappa shape index (κ3) is 2.19. The van der Waals surface area contributed by atoms with Crippen LogP contribution in [0.5, 0.6) is 5.75 Å². The van der Waals surface area contributed by atoms with Gasteiger partial charge in [-0.2, -0.15) is 5.10 Å². The number of halogens is 1. The highest BCUT2D eigenvalue weighted by atomic mass is 79.9. The third-order valence-corrected chi connectivity index (χ3v) is 3.73. The Labute approximate surface area is 124 Å². The van der Waals surface area contributed by atoms with Gasteiger partial charge in [-0.05, 0) is 42.5 Å². The molecule has 4 nitrogen and oxygen atoms in total. The zero-order chi connectivity index (χ0) is 14.1. The van der Waals surface area contributed by atoms with Gasteiger partial charge in [0.25, 0.3) is 0 Å². The molecular weight excluding hydrogens is 320 g/mol. The van der Waals surface area contributed by atoms with E-state index in [2.05, 4.69) is 21.0 Å². The maximum Gasteiger partial charge on any atom is 0.119 e. The second kappa shape index (κ2) is 5.26. The van der Waals surface area contributed by atoms with Gasteiger partial charge in [0.1, 0.15) is 5.75 Å². The van der Waals surface area contributed by atoms with E-state index >= 15 is 0 Å². The minimum absolute atomic E-state index is 0.0836. The Morgan fingerprint density at radius 2 is 1.95 bits per heavy atom. The van der Waals surface area contributed by atoms with Crippen molar-refractivity contribution in [1.82, 2.24) is 9.78 Å². The first-order valence-corrected chi connectivity index (χ1v) is 6.94. The predicted octanol–water partition coefficient (Wildman–Crippen LogP) is 3.29. The van der Waals surface area contributed by atoms with E-state index in [1.165, 1.54) is 0 Å². The average molecular weight is 333 g/mol. The van der Waals surface area contributed by atoms with Crippen LogP contribution in [0.15, 0.2) is 46.9 Å². The van der Waals surface area contributed by atoms with Crippen molar-refractivity contribution in [1.29, 1.82) is 0 Å². The van der Waals surface area contributed by atoms with E-state index in [-0.39, 0.29) is 6.61 Å². The number of rotatable bonds is 3. The molecule has 1 N–H and O–H groups in total. The largest absolute Gasteiger partial charge is 0.497 e. The number of hydrogen-bond donors (Lipinski definition) is 1. The van der Waals surface area contributed by atoms with Gasteiger partial charge in [0.05, 0.1) is 30.6 Å². The fourth-order valence-electron chi connectivity index (χ4n) is 2.19. The number of hydrogen-bond acceptors (Lipinski definition) is 3. The van der Waals surface area contributed by atoms with Crippen molar-refractivity contribution in [3.05, 3.63) is 52.6 Å². The molecule has 0 fully saturated rings. The van der Waals surface area contributed by atoms with Gasteiger partial charge in [-0.25, -0.2) is 4.68 Å². The maximum atomic E-state index is 9.67. The lowest BCUT2D eigenvalue weighted by molar-refractivity contribution is 0.274. The molecule has 0 unspecified atom stereocenters. The molecule has 102 valence electrons. The summed E-state index contributed by atoms with van der Waals surface area (Å²) < 4.78 is 7.99. The first kappa shape index (κ1) is 13.1. The highest BCUT2D eigenvalue weighted by Crippen LogP contribution is 2.26. The van der Waals surface area contributed by atoms with Crippen molar-refractivity contribution in [2.24, 2.45) is 0 Å². The van der Waals surface area contributed by atoms with Crippen molar-refractivity contribution in [2.75, 3.05) is 7.11 Å². The quantitative estimate of drug-likeness (QED) is 0.800. The van der Waals surface area contributed by atoms with E-state index in [0.717, 1.165) is 32.5 Å². The first-order chi connectivity index (χ1) is 9.72. The number of aromatic nitrogens is 2. The molecule has 0 spiro atoms. The standard InChI is InChI=1S/C15H13BrN2O2/c1-20-12-6-7-14-13(8-12)15(9-19)18(17-14)11-4-2-10(16)3-5-11/h2-8,19H,9H2,1H3. The number of aliphatic hydroxyl groups is 1. The smallest absolute Gasteiger partial charge is 0.119 e. The normalized spacial score (nSPS) is 10.9. The number of aliphatic hydroxyl groups excluding tert-OH is 1. The third-order valence-electron chi connectivity index (χ3n) is 3.20. The molecule has 2 aromatic carbocycles. The van der Waals surface area contributed by atoms with Crippen molar-refractivity contribution in [3.63, 3.8) is 0 Å². The Morgan fingerprint density at radius 1 is 1.20 bits per heavy atom. The summed E-state index contributed by atoms with van der Waals surface area (Å²) in [5.74, 6) is 0.752. The summed E-state index contributed by atoms with van der Waals surface area (Å²) in [6.07, 6.45) is 0. The van der Waals surface area contributed by atoms with E-state index in [9.17, 15) is 5.11 Å². The van der Waals surface area contributed by atoms with Gasteiger partial charge in [-0.3, -0.25) is 0 Å². The van der Waals surface area contributed by atoms with Crippen LogP contribution in [0.1, 0.15) is 5.69 Å². The van der Waals surface area contributed by atoms with Crippen LogP contribution in [-0.4, -0.2) is 22.0 Å². The molecule has 0 aliphatic heterocycles. The Bertz CT molecular complexity index is 750. The number of benzene rings is 2. The van der Waals surface area contributed by atoms with Crippen molar-refractivity contribution in [3.8, 4) is 11.4 Å². The summed E-state index contributed by atoms with van der Waals surface area (Å²) in [4.78, 5) is 0. The van der Waals surface area contributed by atoms with E-state index in [0.29, 0.717) is 0 Å². The Balaban J connectivity index is 2.22. The highest BCUT2D eigenvalue weighted by molar-refractivity contribution is 9.10. The van der Waals surface area contributed by atoms with E-state index in [1.54, 1.807) is 11.8 Å². The van der Waals surface area contributed by atoms with Crippen LogP contribution in [0.2, 0.25) is 0 Å². The molecule has 0 aliphatic carbocycles. The zero-order valence-corrected chi connectivity index (χ0v) is 12.5. The minimum atomic E-state index is -0.0836. The number of ether oxygens (including phenoxy) is 1. The fourth-order valence-corrected chi connectivity index (χ4v) is 2.45. The molecule has 0 aliphatic rings. The lowest BCUT2D eigenvalue weighted by Crippen LogP contribution is -2.01. The molecule has 0 amide bonds. The van der Waals surface area contributed by atoms with Gasteiger partial charge >= 0.3 is 0 Å². The van der Waals surface area contributed by atoms with E-state index in [1.807, 2.05) is 42.5 Å². The molecule has 5 heteroatoms. The van der Waals surface area contributed by atoms with Gasteiger partial charge < -0.3 is 9.84 Å². The topological polar surface area (TPSA) is 47.3 Å². The van der Waals surface area contributed by atoms with Crippen LogP contribution in [-0.2, 0) is 6.61 Å². The number of nitrogens with zero attached hydrogens (tertiary/aromatic N) is 2. The van der Waals surface area contributed by atoms with Crippen molar-refractivity contribution in [2.45, 2.75) is 6.61 Å². The second-order valence-electron chi connectivity index (χ2n) is 4.38. The summed E-state index contributed by atoms with van der Waals surface area (Å²) in [7, 11) is 1.62.